The van der Waals surface area contributed by atoms with Crippen LogP contribution in [0.2, 0.25) is 58.9 Å². The first-order valence-electron chi connectivity index (χ1n) is 10.7. The summed E-state index contributed by atoms with van der Waals surface area (Å²) < 4.78 is 0.373. The summed E-state index contributed by atoms with van der Waals surface area (Å²) in [5.41, 5.74) is 10.9. The van der Waals surface area contributed by atoms with Crippen LogP contribution in [-0.2, 0) is 5.16 Å². The zero-order valence-electron chi connectivity index (χ0n) is 19.7. The van der Waals surface area contributed by atoms with E-state index in [0.717, 1.165) is 0 Å². The highest BCUT2D eigenvalue weighted by Crippen LogP contribution is 2.93. The Morgan fingerprint density at radius 1 is 0.621 bits per heavy atom. The third-order valence-electron chi connectivity index (χ3n) is 6.24. The summed E-state index contributed by atoms with van der Waals surface area (Å²) in [5, 5.41) is 0.0897. The highest BCUT2D eigenvalue weighted by atomic mass is 31.1. The Morgan fingerprint density at radius 2 is 1.00 bits per heavy atom. The fraction of sp³-hybridized carbons (Fsp3) is 0.440. The largest absolute Gasteiger partial charge is 0.129 e. The topological polar surface area (TPSA) is 0 Å². The first kappa shape index (κ1) is 22.8. The van der Waals surface area contributed by atoms with Crippen LogP contribution in [0.4, 0.5) is 0 Å². The maximum atomic E-state index is 4.03. The molecular weight excluding hydrogens is 416 g/mol. The van der Waals surface area contributed by atoms with E-state index in [1.807, 2.05) is 0 Å². The summed E-state index contributed by atoms with van der Waals surface area (Å²) >= 11 is 0. The van der Waals surface area contributed by atoms with Crippen LogP contribution in [-0.4, -0.2) is 28.6 Å². The molecule has 1 heterocycles. The first-order chi connectivity index (χ1) is 13.3. The van der Waals surface area contributed by atoms with E-state index in [-0.39, 0.29) is 5.16 Å². The van der Waals surface area contributed by atoms with Crippen LogP contribution in [0, 0.1) is 11.2 Å². The Kier molecular flexibility index (Phi) is 5.76. The van der Waals surface area contributed by atoms with Gasteiger partial charge in [-0.25, -0.2) is 0 Å². The van der Waals surface area contributed by atoms with Gasteiger partial charge in [0.1, 0.15) is 8.07 Å². The Balaban J connectivity index is 2.44. The van der Waals surface area contributed by atoms with Crippen molar-refractivity contribution < 1.29 is 0 Å². The summed E-state index contributed by atoms with van der Waals surface area (Å²) in [6.45, 7) is 22.8. The zero-order valence-corrected chi connectivity index (χ0v) is 23.6. The van der Waals surface area contributed by atoms with E-state index in [4.69, 9.17) is 0 Å². The third kappa shape index (κ3) is 3.47. The van der Waals surface area contributed by atoms with Gasteiger partial charge in [-0.2, -0.15) is 0 Å². The van der Waals surface area contributed by atoms with Crippen LogP contribution in [0.15, 0.2) is 60.7 Å². The van der Waals surface area contributed by atoms with Crippen LogP contribution < -0.4 is 0 Å². The van der Waals surface area contributed by atoms with E-state index in [1.165, 1.54) is 11.1 Å². The molecule has 4 heteroatoms. The Bertz CT molecular complexity index is 866. The lowest BCUT2D eigenvalue weighted by Crippen LogP contribution is -2.61. The second kappa shape index (κ2) is 7.34. The van der Waals surface area contributed by atoms with Gasteiger partial charge >= 0.3 is 0 Å². The molecule has 1 atom stereocenters. The highest BCUT2D eigenvalue weighted by Gasteiger charge is 2.85. The summed E-state index contributed by atoms with van der Waals surface area (Å²) in [5.74, 6) is 0. The minimum Gasteiger partial charge on any atom is -0.127 e. The van der Waals surface area contributed by atoms with Crippen molar-refractivity contribution in [3.8, 4) is 11.2 Å². The molecular formula is C25H37PSi3. The maximum Gasteiger partial charge on any atom is 0.129 e. The van der Waals surface area contributed by atoms with Gasteiger partial charge in [-0.05, 0) is 19.0 Å². The molecule has 2 aromatic rings. The van der Waals surface area contributed by atoms with E-state index >= 15 is 0 Å². The highest BCUT2D eigenvalue weighted by molar-refractivity contribution is 7.81. The smallest absolute Gasteiger partial charge is 0.127 e. The maximum absolute atomic E-state index is 4.03. The number of hydrogen-bond acceptors (Lipinski definition) is 0. The van der Waals surface area contributed by atoms with Gasteiger partial charge in [0, 0.05) is 4.40 Å². The second-order valence-electron chi connectivity index (χ2n) is 11.5. The van der Waals surface area contributed by atoms with Gasteiger partial charge in [0.2, 0.25) is 0 Å². The van der Waals surface area contributed by atoms with Crippen molar-refractivity contribution in [3.05, 3.63) is 71.8 Å². The third-order valence-corrected chi connectivity index (χ3v) is 25.3. The van der Waals surface area contributed by atoms with Gasteiger partial charge in [0.05, 0.1) is 21.3 Å². The molecule has 0 aliphatic carbocycles. The number of hydrogen-bond donors (Lipinski definition) is 0. The monoisotopic (exact) mass is 452 g/mol. The average molecular weight is 453 g/mol. The normalized spacial score (nSPS) is 20.5. The molecule has 0 saturated carbocycles. The molecule has 1 fully saturated rings. The summed E-state index contributed by atoms with van der Waals surface area (Å²) in [4.78, 5) is 0. The van der Waals surface area contributed by atoms with E-state index < -0.39 is 32.1 Å². The van der Waals surface area contributed by atoms with Crippen molar-refractivity contribution >= 4 is 32.1 Å². The predicted octanol–water partition coefficient (Wildman–Crippen LogP) is 7.76. The van der Waals surface area contributed by atoms with Crippen molar-refractivity contribution in [3.63, 3.8) is 0 Å². The Labute approximate surface area is 183 Å². The minimum atomic E-state index is -1.57. The molecule has 1 saturated heterocycles. The summed E-state index contributed by atoms with van der Waals surface area (Å²) in [7, 11) is -5.01. The van der Waals surface area contributed by atoms with Crippen molar-refractivity contribution in [2.24, 2.45) is 0 Å². The van der Waals surface area contributed by atoms with Crippen LogP contribution in [0.5, 0.6) is 0 Å². The van der Waals surface area contributed by atoms with E-state index in [0.29, 0.717) is 4.40 Å². The molecule has 1 aliphatic rings. The molecule has 2 aromatic carbocycles. The molecule has 1 aliphatic heterocycles. The Morgan fingerprint density at radius 3 is 1.31 bits per heavy atom. The molecule has 29 heavy (non-hydrogen) atoms. The van der Waals surface area contributed by atoms with Crippen LogP contribution >= 0.6 is 7.92 Å². The zero-order chi connectivity index (χ0) is 21.7. The average Bonchev–Trinajstić information content (AvgIpc) is 3.27. The van der Waals surface area contributed by atoms with Crippen LogP contribution in [0.3, 0.4) is 0 Å². The lowest BCUT2D eigenvalue weighted by Gasteiger charge is -2.43. The number of benzene rings is 2. The van der Waals surface area contributed by atoms with Crippen molar-refractivity contribution in [1.29, 1.82) is 0 Å². The first-order valence-corrected chi connectivity index (χ1v) is 22.6. The van der Waals surface area contributed by atoms with Gasteiger partial charge in [0.15, 0.2) is 0 Å². The van der Waals surface area contributed by atoms with Gasteiger partial charge in [0.25, 0.3) is 0 Å². The molecule has 0 radical (unpaired) electrons. The van der Waals surface area contributed by atoms with Crippen molar-refractivity contribution in [1.82, 2.24) is 0 Å². The Hall–Kier alpha value is -0.919. The van der Waals surface area contributed by atoms with Crippen molar-refractivity contribution in [2.45, 2.75) is 68.5 Å². The molecule has 0 nitrogen and oxygen atoms in total. The fourth-order valence-electron chi connectivity index (χ4n) is 5.83. The fourth-order valence-corrected chi connectivity index (χ4v) is 30.7. The summed E-state index contributed by atoms with van der Waals surface area (Å²) in [6, 6.07) is 22.8. The van der Waals surface area contributed by atoms with E-state index in [9.17, 15) is 0 Å². The molecule has 0 bridgehead atoms. The molecule has 0 spiro atoms. The van der Waals surface area contributed by atoms with Gasteiger partial charge < -0.3 is 0 Å². The molecule has 1 unspecified atom stereocenters. The molecule has 0 amide bonds. The molecule has 3 rings (SSSR count). The van der Waals surface area contributed by atoms with Crippen molar-refractivity contribution in [2.75, 3.05) is 0 Å². The standard InChI is InChI=1S/C25H37PSi3/c1-27(2,3)21-20-26-24(22-16-12-10-13-17-22,23-18-14-11-15-19-23)25(26,28(4,5)6)29(7,8)9/h10-19H,1-9H3. The van der Waals surface area contributed by atoms with Gasteiger partial charge in [-0.3, -0.25) is 0 Å². The lowest BCUT2D eigenvalue weighted by molar-refractivity contribution is 0.830. The number of rotatable bonds is 4. The van der Waals surface area contributed by atoms with Gasteiger partial charge in [-0.15, -0.1) is 5.54 Å². The second-order valence-corrected chi connectivity index (χ2v) is 30.3. The lowest BCUT2D eigenvalue weighted by atomic mass is 9.92. The van der Waals surface area contributed by atoms with E-state index in [2.05, 4.69) is 131 Å². The van der Waals surface area contributed by atoms with Crippen LogP contribution in [0.1, 0.15) is 11.1 Å². The SMILES string of the molecule is C[Si](C)(C)C#CP1C(c2ccccc2)(c2ccccc2)C1([Si](C)(C)C)[Si](C)(C)C. The van der Waals surface area contributed by atoms with Gasteiger partial charge in [-0.1, -0.05) is 125 Å². The molecule has 0 N–H and O–H groups in total. The minimum absolute atomic E-state index is 0.0897. The van der Waals surface area contributed by atoms with Crippen LogP contribution in [0.25, 0.3) is 0 Å². The van der Waals surface area contributed by atoms with E-state index in [1.54, 1.807) is 0 Å². The molecule has 154 valence electrons. The predicted molar refractivity (Wildman–Crippen MR) is 141 cm³/mol. The summed E-state index contributed by atoms with van der Waals surface area (Å²) in [6.07, 6.45) is 0. The molecule has 0 aromatic heterocycles. The quantitative estimate of drug-likeness (QED) is 0.253.